The van der Waals surface area contributed by atoms with Gasteiger partial charge in [0.25, 0.3) is 0 Å². The van der Waals surface area contributed by atoms with Gasteiger partial charge in [-0.3, -0.25) is 5.01 Å². The predicted molar refractivity (Wildman–Crippen MR) is 44.3 cm³/mol. The van der Waals surface area contributed by atoms with Crippen LogP contribution in [-0.2, 0) is 0 Å². The zero-order valence-corrected chi connectivity index (χ0v) is 6.49. The summed E-state index contributed by atoms with van der Waals surface area (Å²) in [6.45, 7) is 0.914. The average molecular weight is 146 g/mol. The van der Waals surface area contributed by atoms with E-state index in [9.17, 15) is 0 Å². The largest absolute Gasteiger partial charge is 0.296 e. The third-order valence-corrected chi connectivity index (χ3v) is 1.79. The summed E-state index contributed by atoms with van der Waals surface area (Å²) in [5.74, 6) is 0. The first-order valence-electron chi connectivity index (χ1n) is 3.71. The molecule has 0 saturated heterocycles. The van der Waals surface area contributed by atoms with Crippen molar-refractivity contribution in [2.24, 2.45) is 5.10 Å². The number of hydrogen-bond donors (Lipinski definition) is 0. The third kappa shape index (κ3) is 1.11. The fraction of sp³-hybridized carbons (Fsp3) is 0.222. The van der Waals surface area contributed by atoms with E-state index in [1.165, 1.54) is 5.22 Å². The Morgan fingerprint density at radius 3 is 3.09 bits per heavy atom. The fourth-order valence-electron chi connectivity index (χ4n) is 1.21. The molecule has 2 nitrogen and oxygen atoms in total. The van der Waals surface area contributed by atoms with Crippen molar-refractivity contribution in [2.75, 3.05) is 13.6 Å². The molecule has 0 spiro atoms. The highest BCUT2D eigenvalue weighted by atomic mass is 15.4. The Hall–Kier alpha value is -1.31. The summed E-state index contributed by atoms with van der Waals surface area (Å²) in [4.78, 5) is 0. The maximum absolute atomic E-state index is 4.35. The lowest BCUT2D eigenvalue weighted by molar-refractivity contribution is 0.383. The van der Waals surface area contributed by atoms with Crippen LogP contribution >= 0.6 is 0 Å². The van der Waals surface area contributed by atoms with E-state index in [1.807, 2.05) is 30.3 Å². The second kappa shape index (κ2) is 2.38. The first-order chi connectivity index (χ1) is 5.36. The molecule has 0 amide bonds. The Labute approximate surface area is 65.5 Å². The Bertz CT molecular complexity index is 367. The predicted octanol–water partition coefficient (Wildman–Crippen LogP) is -0.0529. The Balaban J connectivity index is 2.73. The van der Waals surface area contributed by atoms with Crippen LogP contribution in [0.5, 0.6) is 0 Å². The maximum Gasteiger partial charge on any atom is 0.0901 e. The number of fused-ring (bicyclic) bond motifs is 1. The van der Waals surface area contributed by atoms with Gasteiger partial charge < -0.3 is 0 Å². The second-order valence-corrected chi connectivity index (χ2v) is 2.70. The van der Waals surface area contributed by atoms with Gasteiger partial charge >= 0.3 is 0 Å². The van der Waals surface area contributed by atoms with Crippen LogP contribution in [0.15, 0.2) is 29.4 Å². The lowest BCUT2D eigenvalue weighted by Crippen LogP contribution is -2.33. The highest BCUT2D eigenvalue weighted by Gasteiger charge is 1.95. The molecule has 0 aromatic heterocycles. The maximum atomic E-state index is 4.35. The van der Waals surface area contributed by atoms with Crippen LogP contribution in [0.1, 0.15) is 0 Å². The molecule has 0 fully saturated rings. The average Bonchev–Trinajstić information content (AvgIpc) is 2.04. The molecule has 0 bridgehead atoms. The van der Waals surface area contributed by atoms with Gasteiger partial charge in [0, 0.05) is 7.05 Å². The molecule has 1 heterocycles. The Kier molecular flexibility index (Phi) is 1.39. The molecule has 0 N–H and O–H groups in total. The van der Waals surface area contributed by atoms with Crippen molar-refractivity contribution in [1.82, 2.24) is 5.01 Å². The van der Waals surface area contributed by atoms with Crippen LogP contribution in [0.4, 0.5) is 0 Å². The number of benzene rings is 1. The lowest BCUT2D eigenvalue weighted by Gasteiger charge is -2.12. The number of hydrogen-bond acceptors (Lipinski definition) is 2. The van der Waals surface area contributed by atoms with Gasteiger partial charge in [0.2, 0.25) is 0 Å². The van der Waals surface area contributed by atoms with Gasteiger partial charge in [0.05, 0.1) is 11.9 Å². The number of nitrogens with zero attached hydrogens (tertiary/aromatic N) is 2. The molecule has 0 saturated carbocycles. The first-order valence-corrected chi connectivity index (χ1v) is 3.71. The molecule has 0 atom stereocenters. The minimum Gasteiger partial charge on any atom is -0.296 e. The van der Waals surface area contributed by atoms with E-state index in [4.69, 9.17) is 0 Å². The van der Waals surface area contributed by atoms with Crippen LogP contribution in [0, 0.1) is 0 Å². The summed E-state index contributed by atoms with van der Waals surface area (Å²) in [5.41, 5.74) is 0. The fourth-order valence-corrected chi connectivity index (χ4v) is 1.21. The smallest absolute Gasteiger partial charge is 0.0901 e. The van der Waals surface area contributed by atoms with Gasteiger partial charge in [0.1, 0.15) is 0 Å². The van der Waals surface area contributed by atoms with E-state index in [2.05, 4.69) is 17.2 Å². The molecule has 1 aromatic carbocycles. The Morgan fingerprint density at radius 2 is 2.18 bits per heavy atom. The monoisotopic (exact) mass is 146 g/mol. The molecule has 1 aliphatic heterocycles. The summed E-state index contributed by atoms with van der Waals surface area (Å²) < 4.78 is 0. The van der Waals surface area contributed by atoms with Crippen LogP contribution in [0.25, 0.3) is 6.08 Å². The highest BCUT2D eigenvalue weighted by molar-refractivity contribution is 5.26. The molecular weight excluding hydrogens is 136 g/mol. The van der Waals surface area contributed by atoms with E-state index in [1.54, 1.807) is 0 Å². The van der Waals surface area contributed by atoms with E-state index >= 15 is 0 Å². The third-order valence-electron chi connectivity index (χ3n) is 1.79. The van der Waals surface area contributed by atoms with E-state index < -0.39 is 0 Å². The summed E-state index contributed by atoms with van der Waals surface area (Å²) in [6, 6.07) is 8.17. The minimum atomic E-state index is 0.914. The van der Waals surface area contributed by atoms with Gasteiger partial charge in [0.15, 0.2) is 0 Å². The molecule has 2 heteroatoms. The quantitative estimate of drug-likeness (QED) is 0.501. The molecule has 56 valence electrons. The highest BCUT2D eigenvalue weighted by Crippen LogP contribution is 1.85. The summed E-state index contributed by atoms with van der Waals surface area (Å²) in [6.07, 6.45) is 2.18. The van der Waals surface area contributed by atoms with Crippen molar-refractivity contribution in [1.29, 1.82) is 0 Å². The van der Waals surface area contributed by atoms with Crippen LogP contribution in [0.2, 0.25) is 0 Å². The van der Waals surface area contributed by atoms with E-state index in [0.29, 0.717) is 0 Å². The molecule has 2 rings (SSSR count). The number of rotatable bonds is 0. The molecule has 0 unspecified atom stereocenters. The standard InChI is InChI=1S/C9H10N2/c1-11-7-6-8-4-2-3-5-9(8)10-11/h2-6H,7H2,1H3. The topological polar surface area (TPSA) is 15.6 Å². The minimum absolute atomic E-state index is 0.914. The molecule has 0 radical (unpaired) electrons. The zero-order valence-electron chi connectivity index (χ0n) is 6.49. The molecular formula is C9H10N2. The van der Waals surface area contributed by atoms with Crippen LogP contribution in [-0.4, -0.2) is 18.6 Å². The summed E-state index contributed by atoms with van der Waals surface area (Å²) >= 11 is 0. The van der Waals surface area contributed by atoms with Gasteiger partial charge in [-0.1, -0.05) is 24.3 Å². The van der Waals surface area contributed by atoms with E-state index in [-0.39, 0.29) is 0 Å². The van der Waals surface area contributed by atoms with Gasteiger partial charge in [-0.2, -0.15) is 5.10 Å². The van der Waals surface area contributed by atoms with Crippen molar-refractivity contribution in [3.8, 4) is 0 Å². The molecule has 0 aliphatic carbocycles. The van der Waals surface area contributed by atoms with Gasteiger partial charge in [-0.15, -0.1) is 0 Å². The summed E-state index contributed by atoms with van der Waals surface area (Å²) in [7, 11) is 1.98. The van der Waals surface area contributed by atoms with Crippen molar-refractivity contribution in [3.63, 3.8) is 0 Å². The van der Waals surface area contributed by atoms with Crippen molar-refractivity contribution >= 4 is 6.08 Å². The van der Waals surface area contributed by atoms with Crippen LogP contribution < -0.4 is 10.6 Å². The van der Waals surface area contributed by atoms with Crippen molar-refractivity contribution in [3.05, 3.63) is 34.8 Å². The second-order valence-electron chi connectivity index (χ2n) is 2.70. The molecule has 1 aliphatic rings. The van der Waals surface area contributed by atoms with Gasteiger partial charge in [-0.25, -0.2) is 0 Å². The van der Waals surface area contributed by atoms with Crippen molar-refractivity contribution in [2.45, 2.75) is 0 Å². The molecule has 11 heavy (non-hydrogen) atoms. The molecule has 1 aromatic rings. The van der Waals surface area contributed by atoms with Crippen LogP contribution in [0.3, 0.4) is 0 Å². The first kappa shape index (κ1) is 6.40. The summed E-state index contributed by atoms with van der Waals surface area (Å²) in [5, 5.41) is 8.59. The zero-order chi connectivity index (χ0) is 7.68. The SMILES string of the molecule is CN1CC=c2ccccc2=N1. The van der Waals surface area contributed by atoms with Crippen molar-refractivity contribution < 1.29 is 0 Å². The van der Waals surface area contributed by atoms with Gasteiger partial charge in [-0.05, 0) is 11.3 Å². The lowest BCUT2D eigenvalue weighted by atomic mass is 10.2. The Morgan fingerprint density at radius 1 is 1.36 bits per heavy atom. The van der Waals surface area contributed by atoms with E-state index in [0.717, 1.165) is 11.9 Å². The normalized spacial score (nSPS) is 14.8.